The minimum atomic E-state index is -0.628. The number of nitrogen functional groups attached to an aromatic ring is 1. The van der Waals surface area contributed by atoms with Gasteiger partial charge in [0.2, 0.25) is 11.8 Å². The van der Waals surface area contributed by atoms with Crippen molar-refractivity contribution in [1.29, 1.82) is 0 Å². The molecule has 3 N–H and O–H groups in total. The van der Waals surface area contributed by atoms with Crippen molar-refractivity contribution >= 4 is 41.0 Å². The summed E-state index contributed by atoms with van der Waals surface area (Å²) in [6.07, 6.45) is 4.82. The number of aldehydes is 1. The van der Waals surface area contributed by atoms with E-state index in [9.17, 15) is 14.4 Å². The lowest BCUT2D eigenvalue weighted by Crippen LogP contribution is -2.60. The summed E-state index contributed by atoms with van der Waals surface area (Å²) in [4.78, 5) is 48.0. The van der Waals surface area contributed by atoms with Gasteiger partial charge in [-0.2, -0.15) is 0 Å². The average Bonchev–Trinajstić information content (AvgIpc) is 3.59. The zero-order chi connectivity index (χ0) is 25.0. The molecule has 3 fully saturated rings. The van der Waals surface area contributed by atoms with E-state index in [1.807, 2.05) is 30.5 Å². The quantitative estimate of drug-likeness (QED) is 0.544. The van der Waals surface area contributed by atoms with E-state index < -0.39 is 11.5 Å². The van der Waals surface area contributed by atoms with E-state index in [-0.39, 0.29) is 18.2 Å². The number of carbonyl (C=O) groups excluding carboxylic acids is 3. The fourth-order valence-electron chi connectivity index (χ4n) is 6.12. The van der Waals surface area contributed by atoms with Crippen molar-refractivity contribution in [1.82, 2.24) is 10.3 Å². The molecular formula is C27H32N6O3. The van der Waals surface area contributed by atoms with E-state index in [1.54, 1.807) is 11.9 Å². The molecule has 1 spiro atoms. The first kappa shape index (κ1) is 22.8. The summed E-state index contributed by atoms with van der Waals surface area (Å²) in [5.41, 5.74) is 9.39. The molecule has 2 aromatic rings. The van der Waals surface area contributed by atoms with Crippen LogP contribution in [0.3, 0.4) is 0 Å². The van der Waals surface area contributed by atoms with Gasteiger partial charge in [-0.3, -0.25) is 9.59 Å². The Labute approximate surface area is 210 Å². The highest BCUT2D eigenvalue weighted by Crippen LogP contribution is 2.61. The lowest BCUT2D eigenvalue weighted by molar-refractivity contribution is -0.123. The second-order valence-electron chi connectivity index (χ2n) is 10.6. The summed E-state index contributed by atoms with van der Waals surface area (Å²) < 4.78 is 0. The van der Waals surface area contributed by atoms with Crippen LogP contribution >= 0.6 is 0 Å². The molecule has 188 valence electrons. The van der Waals surface area contributed by atoms with Gasteiger partial charge in [-0.15, -0.1) is 0 Å². The van der Waals surface area contributed by atoms with Crippen molar-refractivity contribution in [3.05, 3.63) is 42.1 Å². The molecule has 4 heterocycles. The first-order chi connectivity index (χ1) is 17.4. The third kappa shape index (κ3) is 3.51. The van der Waals surface area contributed by atoms with E-state index in [0.29, 0.717) is 24.1 Å². The Morgan fingerprint density at radius 3 is 2.44 bits per heavy atom. The lowest BCUT2D eigenvalue weighted by atomic mass is 9.79. The summed E-state index contributed by atoms with van der Waals surface area (Å²) in [6.45, 7) is 4.01. The monoisotopic (exact) mass is 488 g/mol. The summed E-state index contributed by atoms with van der Waals surface area (Å²) in [5, 5.41) is 2.59. The van der Waals surface area contributed by atoms with Crippen LogP contribution in [-0.2, 0) is 19.8 Å². The summed E-state index contributed by atoms with van der Waals surface area (Å²) >= 11 is 0. The van der Waals surface area contributed by atoms with Gasteiger partial charge in [-0.25, -0.2) is 4.98 Å². The third-order valence-electron chi connectivity index (χ3n) is 8.53. The van der Waals surface area contributed by atoms with Crippen molar-refractivity contribution in [2.45, 2.75) is 37.1 Å². The zero-order valence-corrected chi connectivity index (χ0v) is 20.5. The summed E-state index contributed by atoms with van der Waals surface area (Å²) in [6, 6.07) is 9.31. The van der Waals surface area contributed by atoms with E-state index in [2.05, 4.69) is 26.2 Å². The number of hydrogen-bond donors (Lipinski definition) is 2. The molecule has 9 heteroatoms. The number of benzene rings is 1. The van der Waals surface area contributed by atoms with Gasteiger partial charge < -0.3 is 30.5 Å². The predicted molar refractivity (Wildman–Crippen MR) is 138 cm³/mol. The van der Waals surface area contributed by atoms with E-state index in [0.717, 1.165) is 67.9 Å². The zero-order valence-electron chi connectivity index (χ0n) is 20.5. The number of hydrogen-bond acceptors (Lipinski definition) is 7. The highest BCUT2D eigenvalue weighted by atomic mass is 16.2. The molecule has 0 radical (unpaired) electrons. The standard InChI is InChI=1S/C27H32N6O3/c1-29-24(35)8-6-20(16-34)33-22-4-2-3-21(25(22)27(9-10-27)26(33)36)32-14-18(15-32)17-12-31(13-17)19-5-7-23(28)30-11-19/h2-5,7,11,16-18,20H,6,8-10,12-15H2,1H3,(H2,28,30)(H,29,35). The number of nitrogens with zero attached hydrogens (tertiary/aromatic N) is 4. The van der Waals surface area contributed by atoms with E-state index in [4.69, 9.17) is 5.73 Å². The molecule has 9 nitrogen and oxygen atoms in total. The molecular weight excluding hydrogens is 456 g/mol. The van der Waals surface area contributed by atoms with Crippen LogP contribution in [0.15, 0.2) is 36.5 Å². The van der Waals surface area contributed by atoms with Gasteiger partial charge in [0.25, 0.3) is 0 Å². The number of amides is 2. The van der Waals surface area contributed by atoms with Crippen LogP contribution in [0, 0.1) is 11.8 Å². The number of nitrogens with one attached hydrogen (secondary N) is 1. The molecule has 2 amide bonds. The van der Waals surface area contributed by atoms with Crippen LogP contribution in [0.2, 0.25) is 0 Å². The van der Waals surface area contributed by atoms with Crippen molar-refractivity contribution in [3.63, 3.8) is 0 Å². The van der Waals surface area contributed by atoms with Crippen LogP contribution < -0.4 is 25.8 Å². The van der Waals surface area contributed by atoms with Crippen molar-refractivity contribution in [3.8, 4) is 0 Å². The third-order valence-corrected chi connectivity index (χ3v) is 8.53. The molecule has 36 heavy (non-hydrogen) atoms. The first-order valence-electron chi connectivity index (χ1n) is 12.8. The number of aromatic nitrogens is 1. The van der Waals surface area contributed by atoms with Gasteiger partial charge in [0.15, 0.2) is 0 Å². The maximum absolute atomic E-state index is 13.6. The fraction of sp³-hybridized carbons (Fsp3) is 0.481. The summed E-state index contributed by atoms with van der Waals surface area (Å²) in [7, 11) is 1.58. The topological polar surface area (TPSA) is 112 Å². The van der Waals surface area contributed by atoms with Gasteiger partial charge in [0.1, 0.15) is 12.1 Å². The average molecular weight is 489 g/mol. The number of anilines is 4. The Bertz CT molecular complexity index is 1200. The second-order valence-corrected chi connectivity index (χ2v) is 10.6. The highest BCUT2D eigenvalue weighted by Gasteiger charge is 2.62. The van der Waals surface area contributed by atoms with E-state index >= 15 is 0 Å². The molecule has 1 aliphatic carbocycles. The Kier molecular flexibility index (Phi) is 5.39. The Morgan fingerprint density at radius 1 is 1.14 bits per heavy atom. The number of carbonyl (C=O) groups is 3. The summed E-state index contributed by atoms with van der Waals surface area (Å²) in [5.74, 6) is 1.70. The normalized spacial score (nSPS) is 21.1. The Morgan fingerprint density at radius 2 is 1.83 bits per heavy atom. The van der Waals surface area contributed by atoms with Gasteiger partial charge >= 0.3 is 0 Å². The lowest BCUT2D eigenvalue weighted by Gasteiger charge is -2.52. The minimum Gasteiger partial charge on any atom is -0.384 e. The molecule has 6 rings (SSSR count). The smallest absolute Gasteiger partial charge is 0.238 e. The van der Waals surface area contributed by atoms with Crippen LogP contribution in [0.1, 0.15) is 31.2 Å². The van der Waals surface area contributed by atoms with Gasteiger partial charge in [0.05, 0.1) is 29.0 Å². The number of pyridine rings is 1. The highest BCUT2D eigenvalue weighted by molar-refractivity contribution is 6.14. The van der Waals surface area contributed by atoms with Crippen molar-refractivity contribution in [2.75, 3.05) is 53.7 Å². The van der Waals surface area contributed by atoms with Crippen LogP contribution in [0.5, 0.6) is 0 Å². The second kappa shape index (κ2) is 8.50. The first-order valence-corrected chi connectivity index (χ1v) is 12.8. The van der Waals surface area contributed by atoms with Gasteiger partial charge in [-0.1, -0.05) is 6.07 Å². The van der Waals surface area contributed by atoms with Crippen molar-refractivity contribution in [2.24, 2.45) is 11.8 Å². The van der Waals surface area contributed by atoms with Gasteiger partial charge in [0, 0.05) is 62.7 Å². The number of rotatable bonds is 8. The minimum absolute atomic E-state index is 0.0165. The van der Waals surface area contributed by atoms with Crippen LogP contribution in [0.4, 0.5) is 22.9 Å². The predicted octanol–water partition coefficient (Wildman–Crippen LogP) is 1.71. The molecule has 1 atom stereocenters. The number of nitrogens with two attached hydrogens (primary N) is 1. The molecule has 1 unspecified atom stereocenters. The molecule has 2 saturated heterocycles. The molecule has 1 saturated carbocycles. The largest absolute Gasteiger partial charge is 0.384 e. The number of fused-ring (bicyclic) bond motifs is 2. The van der Waals surface area contributed by atoms with Gasteiger partial charge in [-0.05, 0) is 43.5 Å². The SMILES string of the molecule is CNC(=O)CCC(C=O)N1C(=O)C2(CC2)c2c(N3CC(C4CN(c5ccc(N)nc5)C4)C3)cccc21. The molecule has 4 aliphatic rings. The van der Waals surface area contributed by atoms with Crippen LogP contribution in [-0.4, -0.2) is 62.4 Å². The fourth-order valence-corrected chi connectivity index (χ4v) is 6.12. The van der Waals surface area contributed by atoms with Crippen LogP contribution in [0.25, 0.3) is 0 Å². The Balaban J connectivity index is 1.16. The molecule has 1 aromatic heterocycles. The molecule has 3 aliphatic heterocycles. The Hall–Kier alpha value is -3.62. The van der Waals surface area contributed by atoms with Crippen molar-refractivity contribution < 1.29 is 14.4 Å². The maximum atomic E-state index is 13.6. The van der Waals surface area contributed by atoms with E-state index in [1.165, 1.54) is 0 Å². The molecule has 1 aromatic carbocycles. The molecule has 0 bridgehead atoms. The maximum Gasteiger partial charge on any atom is 0.238 e.